The monoisotopic (exact) mass is 192 g/mol. The summed E-state index contributed by atoms with van der Waals surface area (Å²) in [5, 5.41) is 0.0524. The van der Waals surface area contributed by atoms with Crippen LogP contribution in [-0.4, -0.2) is 18.0 Å². The minimum atomic E-state index is -0.142. The number of carbonyl (C=O) groups is 1. The van der Waals surface area contributed by atoms with E-state index in [1.165, 1.54) is 0 Å². The van der Waals surface area contributed by atoms with Gasteiger partial charge in [-0.15, -0.1) is 11.6 Å². The third-order valence-corrected chi connectivity index (χ3v) is 1.54. The molecule has 0 spiro atoms. The molecule has 1 atom stereocenters. The van der Waals surface area contributed by atoms with Gasteiger partial charge in [0.05, 0.1) is 6.61 Å². The zero-order valence-electron chi connectivity index (χ0n) is 7.97. The number of ether oxygens (including phenoxy) is 1. The number of hydrogen-bond donors (Lipinski definition) is 0. The first-order valence-corrected chi connectivity index (χ1v) is 4.75. The summed E-state index contributed by atoms with van der Waals surface area (Å²) in [5.74, 6) is 0.263. The number of alkyl halides is 1. The molecule has 0 rings (SSSR count). The van der Waals surface area contributed by atoms with Crippen molar-refractivity contribution in [1.82, 2.24) is 0 Å². The van der Waals surface area contributed by atoms with E-state index < -0.39 is 0 Å². The smallest absolute Gasteiger partial charge is 0.305 e. The van der Waals surface area contributed by atoms with Crippen LogP contribution in [0, 0.1) is 5.92 Å². The third-order valence-electron chi connectivity index (χ3n) is 1.32. The molecule has 2 nitrogen and oxygen atoms in total. The molecule has 0 fully saturated rings. The first kappa shape index (κ1) is 11.8. The Bertz CT molecular complexity index is 118. The molecule has 0 aromatic heterocycles. The number of esters is 1. The van der Waals surface area contributed by atoms with Crippen molar-refractivity contribution in [3.8, 4) is 0 Å². The number of carbonyl (C=O) groups excluding carboxylic acids is 1. The Morgan fingerprint density at radius 3 is 2.42 bits per heavy atom. The van der Waals surface area contributed by atoms with Crippen molar-refractivity contribution in [3.05, 3.63) is 0 Å². The number of halogens is 1. The van der Waals surface area contributed by atoms with Gasteiger partial charge in [-0.05, 0) is 19.3 Å². The molecule has 0 aliphatic carbocycles. The van der Waals surface area contributed by atoms with Gasteiger partial charge in [0.25, 0.3) is 0 Å². The molecular formula is C9H17ClO2. The van der Waals surface area contributed by atoms with Gasteiger partial charge in [0.1, 0.15) is 0 Å². The Morgan fingerprint density at radius 1 is 1.42 bits per heavy atom. The van der Waals surface area contributed by atoms with E-state index in [4.69, 9.17) is 16.3 Å². The summed E-state index contributed by atoms with van der Waals surface area (Å²) in [7, 11) is 0. The molecule has 3 heteroatoms. The summed E-state index contributed by atoms with van der Waals surface area (Å²) in [4.78, 5) is 11.0. The maximum atomic E-state index is 11.0. The molecule has 0 aromatic rings. The van der Waals surface area contributed by atoms with E-state index in [1.54, 1.807) is 0 Å². The molecule has 0 saturated heterocycles. The van der Waals surface area contributed by atoms with Crippen LogP contribution >= 0.6 is 11.6 Å². The lowest BCUT2D eigenvalue weighted by Crippen LogP contribution is -2.10. The van der Waals surface area contributed by atoms with Gasteiger partial charge in [0.15, 0.2) is 0 Å². The fourth-order valence-electron chi connectivity index (χ4n) is 0.649. The predicted octanol–water partition coefficient (Wildman–Crippen LogP) is 2.59. The molecule has 0 aliphatic heterocycles. The molecule has 72 valence electrons. The second kappa shape index (κ2) is 6.30. The van der Waals surface area contributed by atoms with E-state index in [9.17, 15) is 4.79 Å². The molecule has 1 unspecified atom stereocenters. The topological polar surface area (TPSA) is 26.3 Å². The van der Waals surface area contributed by atoms with Crippen LogP contribution in [0.4, 0.5) is 0 Å². The Hall–Kier alpha value is -0.240. The zero-order valence-corrected chi connectivity index (χ0v) is 8.73. The van der Waals surface area contributed by atoms with Crippen molar-refractivity contribution in [2.45, 2.75) is 39.0 Å². The second-order valence-electron chi connectivity index (χ2n) is 3.40. The first-order chi connectivity index (χ1) is 5.52. The van der Waals surface area contributed by atoms with E-state index in [2.05, 4.69) is 0 Å². The van der Waals surface area contributed by atoms with Crippen molar-refractivity contribution in [2.75, 3.05) is 6.61 Å². The van der Waals surface area contributed by atoms with E-state index in [0.29, 0.717) is 25.4 Å². The van der Waals surface area contributed by atoms with Crippen molar-refractivity contribution in [1.29, 1.82) is 0 Å². The fourth-order valence-corrected chi connectivity index (χ4v) is 0.758. The van der Waals surface area contributed by atoms with Crippen molar-refractivity contribution >= 4 is 17.6 Å². The van der Waals surface area contributed by atoms with Gasteiger partial charge < -0.3 is 4.74 Å². The Labute approximate surface area is 79.2 Å². The maximum absolute atomic E-state index is 11.0. The molecule has 0 saturated carbocycles. The van der Waals surface area contributed by atoms with E-state index >= 15 is 0 Å². The zero-order chi connectivity index (χ0) is 9.56. The molecule has 0 aromatic carbocycles. The molecule has 0 radical (unpaired) electrons. The number of hydrogen-bond acceptors (Lipinski definition) is 2. The van der Waals surface area contributed by atoms with Gasteiger partial charge in [0, 0.05) is 11.8 Å². The molecule has 0 amide bonds. The highest BCUT2D eigenvalue weighted by Crippen LogP contribution is 2.05. The molecule has 12 heavy (non-hydrogen) atoms. The molecule has 0 bridgehead atoms. The summed E-state index contributed by atoms with van der Waals surface area (Å²) in [6, 6.07) is 0. The van der Waals surface area contributed by atoms with Crippen LogP contribution in [0.5, 0.6) is 0 Å². The van der Waals surface area contributed by atoms with Crippen LogP contribution in [0.1, 0.15) is 33.6 Å². The average Bonchev–Trinajstić information content (AvgIpc) is 1.96. The van der Waals surface area contributed by atoms with E-state index in [1.807, 2.05) is 20.8 Å². The molecule has 0 heterocycles. The van der Waals surface area contributed by atoms with Gasteiger partial charge in [-0.1, -0.05) is 13.8 Å². The van der Waals surface area contributed by atoms with Crippen LogP contribution in [0.2, 0.25) is 0 Å². The molecule has 0 aliphatic rings. The normalized spacial score (nSPS) is 13.1. The standard InChI is InChI=1S/C9H17ClO2/c1-7(2)6-12-9(11)5-4-8(3)10/h7-8H,4-6H2,1-3H3. The maximum Gasteiger partial charge on any atom is 0.305 e. The number of rotatable bonds is 5. The Balaban J connectivity index is 3.34. The van der Waals surface area contributed by atoms with Gasteiger partial charge in [-0.25, -0.2) is 0 Å². The highest BCUT2D eigenvalue weighted by molar-refractivity contribution is 6.20. The lowest BCUT2D eigenvalue weighted by atomic mass is 10.2. The summed E-state index contributed by atoms with van der Waals surface area (Å²) >= 11 is 5.68. The quantitative estimate of drug-likeness (QED) is 0.495. The SMILES string of the molecule is CC(C)COC(=O)CCC(C)Cl. The third kappa shape index (κ3) is 7.86. The van der Waals surface area contributed by atoms with Crippen LogP contribution in [0.15, 0.2) is 0 Å². The Morgan fingerprint density at radius 2 is 2.00 bits per heavy atom. The van der Waals surface area contributed by atoms with Crippen LogP contribution in [0.3, 0.4) is 0 Å². The van der Waals surface area contributed by atoms with Gasteiger partial charge in [0.2, 0.25) is 0 Å². The summed E-state index contributed by atoms with van der Waals surface area (Å²) < 4.78 is 4.96. The average molecular weight is 193 g/mol. The lowest BCUT2D eigenvalue weighted by molar-refractivity contribution is -0.144. The summed E-state index contributed by atoms with van der Waals surface area (Å²) in [6.07, 6.45) is 1.12. The minimum absolute atomic E-state index is 0.0524. The lowest BCUT2D eigenvalue weighted by Gasteiger charge is -2.07. The molecular weight excluding hydrogens is 176 g/mol. The van der Waals surface area contributed by atoms with Crippen LogP contribution in [0.25, 0.3) is 0 Å². The minimum Gasteiger partial charge on any atom is -0.465 e. The second-order valence-corrected chi connectivity index (χ2v) is 4.14. The van der Waals surface area contributed by atoms with Crippen molar-refractivity contribution < 1.29 is 9.53 Å². The highest BCUT2D eigenvalue weighted by atomic mass is 35.5. The van der Waals surface area contributed by atoms with Crippen molar-refractivity contribution in [2.24, 2.45) is 5.92 Å². The molecule has 0 N–H and O–H groups in total. The fraction of sp³-hybridized carbons (Fsp3) is 0.889. The predicted molar refractivity (Wildman–Crippen MR) is 50.3 cm³/mol. The summed E-state index contributed by atoms with van der Waals surface area (Å²) in [5.41, 5.74) is 0. The van der Waals surface area contributed by atoms with E-state index in [-0.39, 0.29) is 11.3 Å². The Kier molecular flexibility index (Phi) is 6.17. The van der Waals surface area contributed by atoms with Gasteiger partial charge in [-0.3, -0.25) is 4.79 Å². The van der Waals surface area contributed by atoms with Crippen molar-refractivity contribution in [3.63, 3.8) is 0 Å². The largest absolute Gasteiger partial charge is 0.465 e. The first-order valence-electron chi connectivity index (χ1n) is 4.32. The van der Waals surface area contributed by atoms with Gasteiger partial charge in [-0.2, -0.15) is 0 Å². The van der Waals surface area contributed by atoms with Crippen LogP contribution < -0.4 is 0 Å². The van der Waals surface area contributed by atoms with Gasteiger partial charge >= 0.3 is 5.97 Å². The summed E-state index contributed by atoms with van der Waals surface area (Å²) in [6.45, 7) is 6.40. The van der Waals surface area contributed by atoms with Crippen LogP contribution in [-0.2, 0) is 9.53 Å². The highest BCUT2D eigenvalue weighted by Gasteiger charge is 2.05. The van der Waals surface area contributed by atoms with E-state index in [0.717, 1.165) is 0 Å².